The van der Waals surface area contributed by atoms with E-state index in [4.69, 9.17) is 19.4 Å². The first-order valence-electron chi connectivity index (χ1n) is 13.2. The van der Waals surface area contributed by atoms with E-state index in [1.54, 1.807) is 59.2 Å². The number of hydrogen-bond donors (Lipinski definition) is 3. The Morgan fingerprint density at radius 3 is 2.50 bits per heavy atom. The number of para-hydroxylation sites is 1. The molecule has 5 aromatic rings. The molecular weight excluding hydrogens is 542 g/mol. The number of ether oxygens (including phenoxy) is 2. The first-order chi connectivity index (χ1) is 20.1. The number of carbonyl (C=O) groups is 3. The van der Waals surface area contributed by atoms with E-state index in [2.05, 4.69) is 5.32 Å². The van der Waals surface area contributed by atoms with Gasteiger partial charge in [-0.05, 0) is 49.4 Å². The molecular formula is C30H29N5O7. The fourth-order valence-corrected chi connectivity index (χ4v) is 4.81. The normalized spacial score (nSPS) is 11.9. The summed E-state index contributed by atoms with van der Waals surface area (Å²) in [6, 6.07) is 16.3. The van der Waals surface area contributed by atoms with Gasteiger partial charge in [-0.3, -0.25) is 14.2 Å². The molecule has 2 heterocycles. The largest absolute Gasteiger partial charge is 0.508 e. The quantitative estimate of drug-likeness (QED) is 0.167. The zero-order valence-electron chi connectivity index (χ0n) is 23.2. The number of esters is 1. The van der Waals surface area contributed by atoms with E-state index < -0.39 is 11.9 Å². The van der Waals surface area contributed by atoms with Crippen LogP contribution in [0.2, 0.25) is 0 Å². The van der Waals surface area contributed by atoms with Gasteiger partial charge < -0.3 is 29.6 Å². The molecule has 0 aliphatic heterocycles. The molecule has 0 spiro atoms. The lowest BCUT2D eigenvalue weighted by atomic mass is 10.1. The molecule has 0 bridgehead atoms. The lowest BCUT2D eigenvalue weighted by Crippen LogP contribution is -2.28. The lowest BCUT2D eigenvalue weighted by Gasteiger charge is -2.15. The highest BCUT2D eigenvalue weighted by Crippen LogP contribution is 2.30. The Morgan fingerprint density at radius 1 is 0.976 bits per heavy atom. The van der Waals surface area contributed by atoms with Crippen molar-refractivity contribution in [2.75, 3.05) is 13.2 Å². The summed E-state index contributed by atoms with van der Waals surface area (Å²) >= 11 is 0. The van der Waals surface area contributed by atoms with Crippen molar-refractivity contribution in [1.82, 2.24) is 24.4 Å². The highest BCUT2D eigenvalue weighted by molar-refractivity contribution is 5.97. The number of rotatable bonds is 10. The number of amides is 1. The minimum Gasteiger partial charge on any atom is -0.508 e. The minimum absolute atomic E-state index is 0.0455. The minimum atomic E-state index is -1.09. The predicted octanol–water partition coefficient (Wildman–Crippen LogP) is 3.81. The average molecular weight is 572 g/mol. The molecule has 1 atom stereocenters. The second kappa shape index (κ2) is 11.6. The number of carboxylic acids is 1. The van der Waals surface area contributed by atoms with E-state index in [1.165, 1.54) is 13.0 Å². The van der Waals surface area contributed by atoms with Crippen LogP contribution < -0.4 is 10.1 Å². The Labute approximate surface area is 240 Å². The van der Waals surface area contributed by atoms with Crippen molar-refractivity contribution in [2.24, 2.45) is 7.05 Å². The molecule has 1 unspecified atom stereocenters. The van der Waals surface area contributed by atoms with E-state index in [0.717, 1.165) is 5.52 Å². The third-order valence-electron chi connectivity index (χ3n) is 6.87. The second-order valence-electron chi connectivity index (χ2n) is 9.70. The number of aromatic hydroxyl groups is 1. The lowest BCUT2D eigenvalue weighted by molar-refractivity contribution is -0.144. The Bertz CT molecular complexity index is 1820. The number of nitrogens with one attached hydrogen (secondary N) is 1. The number of aryl methyl sites for hydroxylation is 1. The maximum absolute atomic E-state index is 12.9. The van der Waals surface area contributed by atoms with Gasteiger partial charge >= 0.3 is 11.9 Å². The van der Waals surface area contributed by atoms with Gasteiger partial charge in [0.15, 0.2) is 6.73 Å². The topological polar surface area (TPSA) is 158 Å². The van der Waals surface area contributed by atoms with Crippen LogP contribution >= 0.6 is 0 Å². The number of benzene rings is 3. The Kier molecular flexibility index (Phi) is 7.78. The van der Waals surface area contributed by atoms with Crippen LogP contribution in [0.5, 0.6) is 11.5 Å². The number of phenols is 1. The molecule has 3 aromatic carbocycles. The predicted molar refractivity (Wildman–Crippen MR) is 153 cm³/mol. The average Bonchev–Trinajstić information content (AvgIpc) is 3.50. The van der Waals surface area contributed by atoms with E-state index >= 15 is 0 Å². The third-order valence-corrected chi connectivity index (χ3v) is 6.87. The molecule has 0 aliphatic carbocycles. The number of aromatic nitrogens is 4. The van der Waals surface area contributed by atoms with Crippen LogP contribution in [0.1, 0.15) is 52.1 Å². The summed E-state index contributed by atoms with van der Waals surface area (Å²) < 4.78 is 14.5. The molecule has 2 aromatic heterocycles. The second-order valence-corrected chi connectivity index (χ2v) is 9.70. The van der Waals surface area contributed by atoms with Crippen molar-refractivity contribution in [1.29, 1.82) is 0 Å². The zero-order chi connectivity index (χ0) is 30.0. The number of imidazole rings is 2. The number of hydrogen-bond acceptors (Lipinski definition) is 8. The van der Waals surface area contributed by atoms with Crippen LogP contribution in [0, 0.1) is 0 Å². The van der Waals surface area contributed by atoms with Gasteiger partial charge in [0.05, 0.1) is 34.5 Å². The molecule has 0 saturated carbocycles. The first-order valence-corrected chi connectivity index (χ1v) is 13.2. The van der Waals surface area contributed by atoms with Gasteiger partial charge in [0, 0.05) is 25.6 Å². The van der Waals surface area contributed by atoms with E-state index in [1.807, 2.05) is 18.5 Å². The van der Waals surface area contributed by atoms with Crippen LogP contribution in [-0.2, 0) is 23.3 Å². The number of carbonyl (C=O) groups excluding carboxylic acids is 2. The molecule has 0 aliphatic rings. The fraction of sp³-hybridized carbons (Fsp3) is 0.233. The number of aromatic carboxylic acids is 1. The summed E-state index contributed by atoms with van der Waals surface area (Å²) in [6.07, 6.45) is 0. The summed E-state index contributed by atoms with van der Waals surface area (Å²) in [5.74, 6) is -0.594. The van der Waals surface area contributed by atoms with Gasteiger partial charge in [-0.25, -0.2) is 14.8 Å². The highest BCUT2D eigenvalue weighted by Gasteiger charge is 2.24. The molecule has 42 heavy (non-hydrogen) atoms. The molecule has 3 N–H and O–H groups in total. The summed E-state index contributed by atoms with van der Waals surface area (Å²) in [4.78, 5) is 45.3. The molecule has 0 saturated heterocycles. The number of nitrogens with zero attached hydrogens (tertiary/aromatic N) is 4. The van der Waals surface area contributed by atoms with Crippen molar-refractivity contribution < 1.29 is 34.1 Å². The van der Waals surface area contributed by atoms with Crippen LogP contribution in [0.4, 0.5) is 0 Å². The molecule has 1 amide bonds. The Balaban J connectivity index is 1.34. The standard InChI is InChI=1S/C30H29N5O7/c1-17(28-33-23-15-20(37)9-11-24(23)35(28)16-42-18(2)36)27-32-22-10-8-19(14-25(22)34(27)3)29(38)31-12-13-41-26-7-5-4-6-21(26)30(39)40/h4-11,14-15,17,37H,12-13,16H2,1-3H3,(H,31,38)(H,39,40). The number of carboxylic acid groups (broad SMARTS) is 1. The fourth-order valence-electron chi connectivity index (χ4n) is 4.81. The summed E-state index contributed by atoms with van der Waals surface area (Å²) in [5.41, 5.74) is 3.14. The van der Waals surface area contributed by atoms with Crippen molar-refractivity contribution in [3.63, 3.8) is 0 Å². The number of fused-ring (bicyclic) bond motifs is 2. The van der Waals surface area contributed by atoms with Gasteiger partial charge in [-0.1, -0.05) is 12.1 Å². The van der Waals surface area contributed by atoms with Gasteiger partial charge in [-0.15, -0.1) is 0 Å². The monoisotopic (exact) mass is 571 g/mol. The molecule has 12 nitrogen and oxygen atoms in total. The van der Waals surface area contributed by atoms with Crippen LogP contribution in [0.3, 0.4) is 0 Å². The smallest absolute Gasteiger partial charge is 0.339 e. The van der Waals surface area contributed by atoms with Crippen molar-refractivity contribution in [2.45, 2.75) is 26.5 Å². The first kappa shape index (κ1) is 28.1. The van der Waals surface area contributed by atoms with Crippen LogP contribution in [-0.4, -0.2) is 60.3 Å². The van der Waals surface area contributed by atoms with Crippen molar-refractivity contribution in [3.8, 4) is 11.5 Å². The molecule has 216 valence electrons. The van der Waals surface area contributed by atoms with Gasteiger partial charge in [0.2, 0.25) is 0 Å². The van der Waals surface area contributed by atoms with Crippen molar-refractivity contribution >= 4 is 39.9 Å². The maximum Gasteiger partial charge on any atom is 0.339 e. The molecule has 0 radical (unpaired) electrons. The number of phenolic OH excluding ortho intramolecular Hbond substituents is 1. The van der Waals surface area contributed by atoms with Crippen LogP contribution in [0.25, 0.3) is 22.1 Å². The van der Waals surface area contributed by atoms with E-state index in [-0.39, 0.29) is 48.8 Å². The highest BCUT2D eigenvalue weighted by atomic mass is 16.5. The van der Waals surface area contributed by atoms with Gasteiger partial charge in [-0.2, -0.15) is 0 Å². The SMILES string of the molecule is CC(=O)OCn1c(C(C)c2nc3ccc(C(=O)NCCOc4ccccc4C(=O)O)cc3n2C)nc2cc(O)ccc21. The maximum atomic E-state index is 12.9. The molecule has 5 rings (SSSR count). The molecule has 12 heteroatoms. The summed E-state index contributed by atoms with van der Waals surface area (Å²) in [5, 5.41) is 22.0. The van der Waals surface area contributed by atoms with E-state index in [9.17, 15) is 24.6 Å². The third kappa shape index (κ3) is 5.59. The molecule has 0 fully saturated rings. The van der Waals surface area contributed by atoms with Crippen molar-refractivity contribution in [3.05, 3.63) is 83.4 Å². The van der Waals surface area contributed by atoms with E-state index in [0.29, 0.717) is 33.8 Å². The zero-order valence-corrected chi connectivity index (χ0v) is 23.2. The Morgan fingerprint density at radius 2 is 1.74 bits per heavy atom. The Hall–Kier alpha value is -5.39. The van der Waals surface area contributed by atoms with Gasteiger partial charge in [0.1, 0.15) is 35.3 Å². The van der Waals surface area contributed by atoms with Crippen LogP contribution in [0.15, 0.2) is 60.7 Å². The van der Waals surface area contributed by atoms with Gasteiger partial charge in [0.25, 0.3) is 5.91 Å². The summed E-state index contributed by atoms with van der Waals surface area (Å²) in [6.45, 7) is 3.49. The summed E-state index contributed by atoms with van der Waals surface area (Å²) in [7, 11) is 1.85.